The highest BCUT2D eigenvalue weighted by molar-refractivity contribution is 7.92. The third-order valence-electron chi connectivity index (χ3n) is 3.93. The molecule has 0 fully saturated rings. The molecule has 29 heavy (non-hydrogen) atoms. The number of hydrogen-bond acceptors (Lipinski definition) is 6. The van der Waals surface area contributed by atoms with Crippen molar-refractivity contribution < 1.29 is 27.6 Å². The summed E-state index contributed by atoms with van der Waals surface area (Å²) in [5.74, 6) is -0.102. The zero-order valence-electron chi connectivity index (χ0n) is 15.3. The van der Waals surface area contributed by atoms with Crippen LogP contribution < -0.4 is 9.46 Å². The predicted octanol–water partition coefficient (Wildman–Crippen LogP) is 3.97. The number of halogens is 1. The van der Waals surface area contributed by atoms with Gasteiger partial charge in [0.05, 0.1) is 16.1 Å². The summed E-state index contributed by atoms with van der Waals surface area (Å²) in [6.45, 7) is 2.13. The van der Waals surface area contributed by atoms with Gasteiger partial charge in [-0.05, 0) is 42.5 Å². The third kappa shape index (κ3) is 5.07. The van der Waals surface area contributed by atoms with Crippen LogP contribution in [0.15, 0.2) is 57.9 Å². The molecule has 2 aromatic carbocycles. The largest absolute Gasteiger partial charge is 0.487 e. The minimum atomic E-state index is -4.01. The normalized spacial score (nSPS) is 11.2. The quantitative estimate of drug-likeness (QED) is 0.548. The number of rotatable bonds is 8. The monoisotopic (exact) mass is 436 g/mol. The second kappa shape index (κ2) is 8.54. The first-order valence-corrected chi connectivity index (χ1v) is 10.4. The lowest BCUT2D eigenvalue weighted by molar-refractivity contribution is 0.0698. The van der Waals surface area contributed by atoms with Gasteiger partial charge in [0.2, 0.25) is 0 Å². The molecule has 0 unspecified atom stereocenters. The maximum Gasteiger partial charge on any atom is 0.337 e. The van der Waals surface area contributed by atoms with Crippen molar-refractivity contribution in [3.8, 4) is 5.75 Å². The van der Waals surface area contributed by atoms with Gasteiger partial charge in [0.1, 0.15) is 23.8 Å². The SMILES string of the molecule is CCc1cc(COc2ccc(S(=O)(=O)Nc3ccc(Cl)cc3C(=O)O)cc2)no1. The summed E-state index contributed by atoms with van der Waals surface area (Å²) in [6.07, 6.45) is 0.726. The molecule has 8 nitrogen and oxygen atoms in total. The molecule has 0 amide bonds. The summed E-state index contributed by atoms with van der Waals surface area (Å²) in [7, 11) is -4.01. The van der Waals surface area contributed by atoms with Crippen LogP contribution in [0.3, 0.4) is 0 Å². The van der Waals surface area contributed by atoms with Crippen molar-refractivity contribution in [3.63, 3.8) is 0 Å². The van der Waals surface area contributed by atoms with Crippen LogP contribution in [-0.4, -0.2) is 24.7 Å². The van der Waals surface area contributed by atoms with E-state index >= 15 is 0 Å². The van der Waals surface area contributed by atoms with Crippen molar-refractivity contribution in [1.82, 2.24) is 5.16 Å². The third-order valence-corrected chi connectivity index (χ3v) is 5.55. The molecule has 0 spiro atoms. The molecule has 3 rings (SSSR count). The van der Waals surface area contributed by atoms with Crippen LogP contribution in [0.1, 0.15) is 28.7 Å². The van der Waals surface area contributed by atoms with Gasteiger partial charge in [-0.1, -0.05) is 23.7 Å². The first-order chi connectivity index (χ1) is 13.8. The summed E-state index contributed by atoms with van der Waals surface area (Å²) in [5.41, 5.74) is 0.296. The molecule has 2 N–H and O–H groups in total. The van der Waals surface area contributed by atoms with E-state index in [1.807, 2.05) is 6.92 Å². The van der Waals surface area contributed by atoms with Crippen LogP contribution >= 0.6 is 11.6 Å². The molecule has 152 valence electrons. The number of carboxylic acid groups (broad SMARTS) is 1. The minimum absolute atomic E-state index is 0.0501. The zero-order chi connectivity index (χ0) is 21.0. The van der Waals surface area contributed by atoms with E-state index in [-0.39, 0.29) is 27.8 Å². The van der Waals surface area contributed by atoms with Crippen molar-refractivity contribution in [2.75, 3.05) is 4.72 Å². The maximum absolute atomic E-state index is 12.6. The van der Waals surface area contributed by atoms with Gasteiger partial charge in [-0.2, -0.15) is 0 Å². The number of ether oxygens (including phenoxy) is 1. The number of benzene rings is 2. The van der Waals surface area contributed by atoms with Gasteiger partial charge >= 0.3 is 5.97 Å². The molecule has 10 heteroatoms. The fourth-order valence-electron chi connectivity index (χ4n) is 2.45. The summed E-state index contributed by atoms with van der Waals surface area (Å²) >= 11 is 5.79. The number of aryl methyl sites for hydroxylation is 1. The number of anilines is 1. The molecule has 0 bridgehead atoms. The first kappa shape index (κ1) is 20.7. The average Bonchev–Trinajstić information content (AvgIpc) is 3.16. The molecule has 0 aliphatic rings. The van der Waals surface area contributed by atoms with E-state index in [1.165, 1.54) is 42.5 Å². The number of aromatic nitrogens is 1. The highest BCUT2D eigenvalue weighted by Gasteiger charge is 2.19. The fourth-order valence-corrected chi connectivity index (χ4v) is 3.70. The summed E-state index contributed by atoms with van der Waals surface area (Å²) in [5, 5.41) is 13.3. The molecule has 0 radical (unpaired) electrons. The molecule has 0 aliphatic heterocycles. The van der Waals surface area contributed by atoms with E-state index in [4.69, 9.17) is 20.9 Å². The molecule has 3 aromatic rings. The zero-order valence-corrected chi connectivity index (χ0v) is 16.8. The maximum atomic E-state index is 12.6. The Morgan fingerprint density at radius 1 is 1.21 bits per heavy atom. The topological polar surface area (TPSA) is 119 Å². The number of nitrogens with one attached hydrogen (secondary N) is 1. The lowest BCUT2D eigenvalue weighted by Crippen LogP contribution is -2.15. The lowest BCUT2D eigenvalue weighted by Gasteiger charge is -2.11. The van der Waals surface area contributed by atoms with Gasteiger partial charge in [0.25, 0.3) is 10.0 Å². The highest BCUT2D eigenvalue weighted by Crippen LogP contribution is 2.25. The summed E-state index contributed by atoms with van der Waals surface area (Å²) < 4.78 is 38.1. The number of carbonyl (C=O) groups is 1. The van der Waals surface area contributed by atoms with Crippen molar-refractivity contribution in [2.45, 2.75) is 24.8 Å². The number of carboxylic acids is 1. The Balaban J connectivity index is 1.72. The fraction of sp³-hybridized carbons (Fsp3) is 0.158. The van der Waals surface area contributed by atoms with E-state index in [2.05, 4.69) is 9.88 Å². The van der Waals surface area contributed by atoms with Gasteiger partial charge in [-0.3, -0.25) is 4.72 Å². The molecular weight excluding hydrogens is 420 g/mol. The lowest BCUT2D eigenvalue weighted by atomic mass is 10.2. The van der Waals surface area contributed by atoms with Crippen LogP contribution in [0.25, 0.3) is 0 Å². The molecule has 1 aromatic heterocycles. The highest BCUT2D eigenvalue weighted by atomic mass is 35.5. The van der Waals surface area contributed by atoms with E-state index in [9.17, 15) is 18.3 Å². The van der Waals surface area contributed by atoms with E-state index in [0.29, 0.717) is 11.4 Å². The standard InChI is InChI=1S/C19H17ClN2O6S/c1-2-14-10-13(21-28-14)11-27-15-4-6-16(7-5-15)29(25,26)22-18-8-3-12(20)9-17(18)19(23)24/h3-10,22H,2,11H2,1H3,(H,23,24). The number of nitrogens with zero attached hydrogens (tertiary/aromatic N) is 1. The van der Waals surface area contributed by atoms with Crippen LogP contribution in [0.5, 0.6) is 5.75 Å². The Hall–Kier alpha value is -3.04. The predicted molar refractivity (Wildman–Crippen MR) is 106 cm³/mol. The van der Waals surface area contributed by atoms with Gasteiger partial charge in [-0.25, -0.2) is 13.2 Å². The van der Waals surface area contributed by atoms with Crippen molar-refractivity contribution in [2.24, 2.45) is 0 Å². The van der Waals surface area contributed by atoms with Gasteiger partial charge in [-0.15, -0.1) is 0 Å². The van der Waals surface area contributed by atoms with Crippen LogP contribution in [0.4, 0.5) is 5.69 Å². The number of aromatic carboxylic acids is 1. The molecule has 0 atom stereocenters. The average molecular weight is 437 g/mol. The molecule has 0 saturated heterocycles. The van der Waals surface area contributed by atoms with Crippen molar-refractivity contribution >= 4 is 33.3 Å². The van der Waals surface area contributed by atoms with Gasteiger partial charge < -0.3 is 14.4 Å². The second-order valence-electron chi connectivity index (χ2n) is 6.00. The smallest absolute Gasteiger partial charge is 0.337 e. The van der Waals surface area contributed by atoms with Gasteiger partial charge in [0.15, 0.2) is 0 Å². The van der Waals surface area contributed by atoms with Crippen LogP contribution in [0, 0.1) is 0 Å². The van der Waals surface area contributed by atoms with E-state index < -0.39 is 16.0 Å². The molecular formula is C19H17ClN2O6S. The Kier molecular flexibility index (Phi) is 6.09. The molecule has 1 heterocycles. The number of sulfonamides is 1. The molecule has 0 aliphatic carbocycles. The number of hydrogen-bond donors (Lipinski definition) is 2. The second-order valence-corrected chi connectivity index (χ2v) is 8.12. The van der Waals surface area contributed by atoms with Gasteiger partial charge in [0, 0.05) is 17.5 Å². The summed E-state index contributed by atoms with van der Waals surface area (Å²) in [4.78, 5) is 11.3. The van der Waals surface area contributed by atoms with Crippen LogP contribution in [0.2, 0.25) is 5.02 Å². The van der Waals surface area contributed by atoms with E-state index in [0.717, 1.165) is 12.2 Å². The Labute approximate surface area is 172 Å². The summed E-state index contributed by atoms with van der Waals surface area (Å²) in [6, 6.07) is 11.4. The Bertz CT molecular complexity index is 1130. The Morgan fingerprint density at radius 2 is 1.93 bits per heavy atom. The van der Waals surface area contributed by atoms with Crippen molar-refractivity contribution in [3.05, 3.63) is 70.6 Å². The van der Waals surface area contributed by atoms with Crippen molar-refractivity contribution in [1.29, 1.82) is 0 Å². The Morgan fingerprint density at radius 3 is 2.55 bits per heavy atom. The minimum Gasteiger partial charge on any atom is -0.487 e. The first-order valence-electron chi connectivity index (χ1n) is 8.51. The van der Waals surface area contributed by atoms with Crippen LogP contribution in [-0.2, 0) is 23.1 Å². The molecule has 0 saturated carbocycles. The van der Waals surface area contributed by atoms with E-state index in [1.54, 1.807) is 6.07 Å².